The van der Waals surface area contributed by atoms with Crippen LogP contribution in [-0.4, -0.2) is 40.1 Å². The van der Waals surface area contributed by atoms with Crippen LogP contribution in [0.5, 0.6) is 5.75 Å². The predicted octanol–water partition coefficient (Wildman–Crippen LogP) is 4.54. The molecule has 0 radical (unpaired) electrons. The summed E-state index contributed by atoms with van der Waals surface area (Å²) in [5.74, 6) is 2.32. The molecule has 0 saturated carbocycles. The minimum atomic E-state index is 0.144. The van der Waals surface area contributed by atoms with Crippen molar-refractivity contribution in [3.63, 3.8) is 0 Å². The predicted molar refractivity (Wildman–Crippen MR) is 115 cm³/mol. The maximum Gasteiger partial charge on any atom is 0.223 e. The van der Waals surface area contributed by atoms with Gasteiger partial charge in [-0.15, -0.1) is 0 Å². The second-order valence-electron chi connectivity index (χ2n) is 7.82. The van der Waals surface area contributed by atoms with Crippen molar-refractivity contribution >= 4 is 16.9 Å². The Balaban J connectivity index is 1.55. The van der Waals surface area contributed by atoms with Crippen LogP contribution in [0, 0.1) is 6.92 Å². The molecule has 2 aromatic carbocycles. The van der Waals surface area contributed by atoms with E-state index in [0.717, 1.165) is 54.1 Å². The van der Waals surface area contributed by atoms with Crippen LogP contribution in [-0.2, 0) is 11.3 Å². The maximum atomic E-state index is 12.5. The summed E-state index contributed by atoms with van der Waals surface area (Å²) in [4.78, 5) is 19.4. The number of para-hydroxylation sites is 3. The van der Waals surface area contributed by atoms with Crippen molar-refractivity contribution in [3.05, 3.63) is 59.9 Å². The van der Waals surface area contributed by atoms with Gasteiger partial charge in [-0.25, -0.2) is 4.98 Å². The summed E-state index contributed by atoms with van der Waals surface area (Å²) in [6.45, 7) is 7.11. The Labute approximate surface area is 172 Å². The number of nitrogens with zero attached hydrogens (tertiary/aromatic N) is 3. The molecule has 0 N–H and O–H groups in total. The maximum absolute atomic E-state index is 12.5. The minimum Gasteiger partial charge on any atom is -0.491 e. The van der Waals surface area contributed by atoms with Crippen LogP contribution in [0.4, 0.5) is 0 Å². The minimum absolute atomic E-state index is 0.144. The number of unbranched alkanes of at least 4 members (excludes halogenated alkanes) is 1. The fourth-order valence-electron chi connectivity index (χ4n) is 4.12. The van der Waals surface area contributed by atoms with E-state index < -0.39 is 0 Å². The molecule has 3 aromatic rings. The number of hydrogen-bond acceptors (Lipinski definition) is 3. The average Bonchev–Trinajstić information content (AvgIpc) is 3.28. The molecule has 5 heteroatoms. The zero-order valence-corrected chi connectivity index (χ0v) is 17.3. The number of imidazole rings is 1. The molecule has 152 valence electrons. The van der Waals surface area contributed by atoms with Gasteiger partial charge >= 0.3 is 0 Å². The van der Waals surface area contributed by atoms with Gasteiger partial charge in [-0.2, -0.15) is 0 Å². The van der Waals surface area contributed by atoms with Gasteiger partial charge in [-0.05, 0) is 37.1 Å². The summed E-state index contributed by atoms with van der Waals surface area (Å²) in [6, 6.07) is 16.3. The number of carbonyl (C=O) groups is 1. The van der Waals surface area contributed by atoms with Crippen molar-refractivity contribution in [2.75, 3.05) is 19.7 Å². The molecular weight excluding hydrogens is 362 g/mol. The van der Waals surface area contributed by atoms with E-state index in [1.165, 1.54) is 0 Å². The Kier molecular flexibility index (Phi) is 5.84. The second-order valence-corrected chi connectivity index (χ2v) is 7.82. The molecule has 0 spiro atoms. The third kappa shape index (κ3) is 4.14. The zero-order chi connectivity index (χ0) is 20.2. The van der Waals surface area contributed by atoms with E-state index >= 15 is 0 Å². The normalized spacial score (nSPS) is 16.7. The first-order valence-electron chi connectivity index (χ1n) is 10.6. The molecule has 1 fully saturated rings. The lowest BCUT2D eigenvalue weighted by Gasteiger charge is -2.17. The molecule has 1 saturated heterocycles. The van der Waals surface area contributed by atoms with Crippen LogP contribution >= 0.6 is 0 Å². The Morgan fingerprint density at radius 2 is 1.90 bits per heavy atom. The summed E-state index contributed by atoms with van der Waals surface area (Å²) >= 11 is 0. The molecule has 0 aliphatic carbocycles. The number of aromatic nitrogens is 2. The summed E-state index contributed by atoms with van der Waals surface area (Å²) in [6.07, 6.45) is 2.70. The van der Waals surface area contributed by atoms with E-state index in [0.29, 0.717) is 19.6 Å². The van der Waals surface area contributed by atoms with E-state index in [1.807, 2.05) is 41.3 Å². The van der Waals surface area contributed by atoms with Gasteiger partial charge in [0.2, 0.25) is 5.91 Å². The second kappa shape index (κ2) is 8.68. The number of aryl methyl sites for hydroxylation is 1. The fourth-order valence-corrected chi connectivity index (χ4v) is 4.12. The topological polar surface area (TPSA) is 47.4 Å². The van der Waals surface area contributed by atoms with E-state index in [9.17, 15) is 4.79 Å². The van der Waals surface area contributed by atoms with Gasteiger partial charge < -0.3 is 14.2 Å². The Morgan fingerprint density at radius 3 is 2.72 bits per heavy atom. The molecule has 5 nitrogen and oxygen atoms in total. The van der Waals surface area contributed by atoms with E-state index in [-0.39, 0.29) is 11.8 Å². The lowest BCUT2D eigenvalue weighted by Crippen LogP contribution is -2.26. The highest BCUT2D eigenvalue weighted by molar-refractivity contribution is 5.80. The highest BCUT2D eigenvalue weighted by atomic mass is 16.5. The lowest BCUT2D eigenvalue weighted by atomic mass is 10.1. The van der Waals surface area contributed by atoms with Crippen LogP contribution in [0.3, 0.4) is 0 Å². The number of amides is 1. The number of ether oxygens (including phenoxy) is 1. The molecule has 2 heterocycles. The van der Waals surface area contributed by atoms with Crippen LogP contribution in [0.2, 0.25) is 0 Å². The third-order valence-electron chi connectivity index (χ3n) is 5.71. The molecule has 29 heavy (non-hydrogen) atoms. The van der Waals surface area contributed by atoms with Gasteiger partial charge in [0.25, 0.3) is 0 Å². The highest BCUT2D eigenvalue weighted by Gasteiger charge is 2.33. The van der Waals surface area contributed by atoms with Gasteiger partial charge in [0.05, 0.1) is 17.6 Å². The monoisotopic (exact) mass is 391 g/mol. The standard InChI is InChI=1S/C24H29N3O2/c1-3-4-13-26-17-19(16-23(26)28)24-25-20-10-6-7-11-21(20)27(24)14-15-29-22-12-8-5-9-18(22)2/h5-12,19H,3-4,13-17H2,1-2H3/t19-/m0/s1. The Morgan fingerprint density at radius 1 is 1.10 bits per heavy atom. The van der Waals surface area contributed by atoms with Crippen molar-refractivity contribution in [2.45, 2.75) is 45.6 Å². The van der Waals surface area contributed by atoms with Gasteiger partial charge in [-0.3, -0.25) is 4.79 Å². The highest BCUT2D eigenvalue weighted by Crippen LogP contribution is 2.30. The molecule has 1 atom stereocenters. The molecular formula is C24H29N3O2. The lowest BCUT2D eigenvalue weighted by molar-refractivity contribution is -0.127. The molecule has 0 bridgehead atoms. The van der Waals surface area contributed by atoms with Gasteiger partial charge in [0, 0.05) is 25.4 Å². The van der Waals surface area contributed by atoms with Crippen LogP contribution in [0.25, 0.3) is 11.0 Å². The van der Waals surface area contributed by atoms with Crippen molar-refractivity contribution in [2.24, 2.45) is 0 Å². The Bertz CT molecular complexity index is 995. The summed E-state index contributed by atoms with van der Waals surface area (Å²) in [5, 5.41) is 0. The SMILES string of the molecule is CCCCN1C[C@@H](c2nc3ccccc3n2CCOc2ccccc2C)CC1=O. The number of hydrogen-bond donors (Lipinski definition) is 0. The van der Waals surface area contributed by atoms with Crippen molar-refractivity contribution in [3.8, 4) is 5.75 Å². The largest absolute Gasteiger partial charge is 0.491 e. The van der Waals surface area contributed by atoms with Gasteiger partial charge in [0.1, 0.15) is 18.2 Å². The molecule has 0 unspecified atom stereocenters. The molecule has 1 aliphatic heterocycles. The quantitative estimate of drug-likeness (QED) is 0.566. The number of benzene rings is 2. The molecule has 4 rings (SSSR count). The first kappa shape index (κ1) is 19.5. The van der Waals surface area contributed by atoms with Crippen molar-refractivity contribution in [1.29, 1.82) is 0 Å². The summed E-state index contributed by atoms with van der Waals surface area (Å²) in [5.41, 5.74) is 3.23. The van der Waals surface area contributed by atoms with Crippen LogP contribution in [0.1, 0.15) is 43.5 Å². The number of likely N-dealkylation sites (tertiary alicyclic amines) is 1. The fraction of sp³-hybridized carbons (Fsp3) is 0.417. The first-order valence-corrected chi connectivity index (χ1v) is 10.6. The summed E-state index contributed by atoms with van der Waals surface area (Å²) < 4.78 is 8.29. The summed E-state index contributed by atoms with van der Waals surface area (Å²) in [7, 11) is 0. The zero-order valence-electron chi connectivity index (χ0n) is 17.3. The van der Waals surface area contributed by atoms with E-state index in [4.69, 9.17) is 9.72 Å². The van der Waals surface area contributed by atoms with Crippen LogP contribution in [0.15, 0.2) is 48.5 Å². The smallest absolute Gasteiger partial charge is 0.223 e. The number of fused-ring (bicyclic) bond motifs is 1. The van der Waals surface area contributed by atoms with E-state index in [2.05, 4.69) is 30.5 Å². The average molecular weight is 392 g/mol. The van der Waals surface area contributed by atoms with Gasteiger partial charge in [0.15, 0.2) is 0 Å². The van der Waals surface area contributed by atoms with Crippen molar-refractivity contribution < 1.29 is 9.53 Å². The number of carbonyl (C=O) groups excluding carboxylic acids is 1. The van der Waals surface area contributed by atoms with Crippen molar-refractivity contribution in [1.82, 2.24) is 14.5 Å². The van der Waals surface area contributed by atoms with Gasteiger partial charge in [-0.1, -0.05) is 43.7 Å². The number of rotatable bonds is 8. The first-order chi connectivity index (χ1) is 14.2. The molecule has 1 amide bonds. The third-order valence-corrected chi connectivity index (χ3v) is 5.71. The van der Waals surface area contributed by atoms with E-state index in [1.54, 1.807) is 0 Å². The Hall–Kier alpha value is -2.82. The molecule has 1 aromatic heterocycles. The van der Waals surface area contributed by atoms with Crippen LogP contribution < -0.4 is 4.74 Å². The molecule has 1 aliphatic rings.